The number of aryl methyl sites for hydroxylation is 1. The molecule has 1 heterocycles. The maximum absolute atomic E-state index is 12.8. The molecule has 30 heavy (non-hydrogen) atoms. The summed E-state index contributed by atoms with van der Waals surface area (Å²) in [4.78, 5) is 24.5. The molecule has 0 unspecified atom stereocenters. The van der Waals surface area contributed by atoms with E-state index in [1.165, 1.54) is 7.11 Å². The SMILES string of the molecule is COC(=O)c1ccc(-n2c(C)cc(C(=O)CSCc3ccc(OC)cc3)c2C)cc1. The Kier molecular flexibility index (Phi) is 7.00. The molecule has 0 aliphatic carbocycles. The van der Waals surface area contributed by atoms with E-state index in [9.17, 15) is 9.59 Å². The average Bonchev–Trinajstić information content (AvgIpc) is 3.07. The van der Waals surface area contributed by atoms with Crippen LogP contribution in [0.2, 0.25) is 0 Å². The predicted molar refractivity (Wildman–Crippen MR) is 120 cm³/mol. The van der Waals surface area contributed by atoms with E-state index in [-0.39, 0.29) is 11.8 Å². The zero-order valence-electron chi connectivity index (χ0n) is 17.6. The minimum atomic E-state index is -0.368. The zero-order chi connectivity index (χ0) is 21.7. The Bertz CT molecular complexity index is 1040. The van der Waals surface area contributed by atoms with Crippen molar-refractivity contribution >= 4 is 23.5 Å². The van der Waals surface area contributed by atoms with Crippen molar-refractivity contribution in [2.75, 3.05) is 20.0 Å². The van der Waals surface area contributed by atoms with Gasteiger partial charge in [0.05, 0.1) is 25.5 Å². The van der Waals surface area contributed by atoms with Crippen molar-refractivity contribution in [3.8, 4) is 11.4 Å². The van der Waals surface area contributed by atoms with Crippen LogP contribution in [0.5, 0.6) is 5.75 Å². The van der Waals surface area contributed by atoms with Crippen LogP contribution in [0.25, 0.3) is 5.69 Å². The molecular weight excluding hydrogens is 398 g/mol. The minimum absolute atomic E-state index is 0.110. The average molecular weight is 424 g/mol. The van der Waals surface area contributed by atoms with Crippen LogP contribution in [0.15, 0.2) is 54.6 Å². The van der Waals surface area contributed by atoms with Gasteiger partial charge in [0.2, 0.25) is 0 Å². The van der Waals surface area contributed by atoms with Gasteiger partial charge in [-0.15, -0.1) is 11.8 Å². The monoisotopic (exact) mass is 423 g/mol. The molecule has 0 amide bonds. The molecule has 0 saturated carbocycles. The highest BCUT2D eigenvalue weighted by atomic mass is 32.2. The van der Waals surface area contributed by atoms with Gasteiger partial charge in [-0.1, -0.05) is 12.1 Å². The quantitative estimate of drug-likeness (QED) is 0.377. The first kappa shape index (κ1) is 21.7. The summed E-state index contributed by atoms with van der Waals surface area (Å²) in [5.41, 5.74) is 5.16. The van der Waals surface area contributed by atoms with Gasteiger partial charge in [0.25, 0.3) is 0 Å². The first-order valence-corrected chi connectivity index (χ1v) is 10.7. The van der Waals surface area contributed by atoms with Gasteiger partial charge in [-0.05, 0) is 61.9 Å². The molecule has 0 bridgehead atoms. The van der Waals surface area contributed by atoms with Crippen LogP contribution in [0.4, 0.5) is 0 Å². The number of carbonyl (C=O) groups excluding carboxylic acids is 2. The molecule has 0 N–H and O–H groups in total. The normalized spacial score (nSPS) is 10.7. The Balaban J connectivity index is 1.69. The molecule has 2 aromatic carbocycles. The van der Waals surface area contributed by atoms with Gasteiger partial charge in [0.15, 0.2) is 5.78 Å². The van der Waals surface area contributed by atoms with Crippen molar-refractivity contribution in [1.82, 2.24) is 4.57 Å². The summed E-state index contributed by atoms with van der Waals surface area (Å²) in [5, 5.41) is 0. The molecular formula is C24H25NO4S. The van der Waals surface area contributed by atoms with Crippen LogP contribution in [0.3, 0.4) is 0 Å². The van der Waals surface area contributed by atoms with Crippen molar-refractivity contribution in [3.63, 3.8) is 0 Å². The minimum Gasteiger partial charge on any atom is -0.497 e. The number of aromatic nitrogens is 1. The molecule has 3 rings (SSSR count). The molecule has 0 radical (unpaired) electrons. The number of thioether (sulfide) groups is 1. The van der Waals surface area contributed by atoms with Gasteiger partial charge in [-0.2, -0.15) is 0 Å². The fraction of sp³-hybridized carbons (Fsp3) is 0.250. The number of carbonyl (C=O) groups is 2. The van der Waals surface area contributed by atoms with Crippen molar-refractivity contribution in [1.29, 1.82) is 0 Å². The van der Waals surface area contributed by atoms with Crippen molar-refractivity contribution in [2.45, 2.75) is 19.6 Å². The molecule has 0 fully saturated rings. The molecule has 5 nitrogen and oxygen atoms in total. The standard InChI is InChI=1S/C24H25NO4S/c1-16-13-22(23(26)15-30-14-18-5-11-21(28-3)12-6-18)17(2)25(16)20-9-7-19(8-10-20)24(27)29-4/h5-13H,14-15H2,1-4H3. The Morgan fingerprint density at radius 3 is 2.23 bits per heavy atom. The first-order chi connectivity index (χ1) is 14.4. The van der Waals surface area contributed by atoms with Gasteiger partial charge in [0.1, 0.15) is 5.75 Å². The number of Topliss-reactive ketones (excluding diaryl/α,β-unsaturated/α-hetero) is 1. The number of hydrogen-bond acceptors (Lipinski definition) is 5. The number of nitrogens with zero attached hydrogens (tertiary/aromatic N) is 1. The molecule has 0 aliphatic heterocycles. The van der Waals surface area contributed by atoms with Crippen LogP contribution in [-0.4, -0.2) is 36.3 Å². The lowest BCUT2D eigenvalue weighted by Gasteiger charge is -2.10. The largest absolute Gasteiger partial charge is 0.497 e. The maximum Gasteiger partial charge on any atom is 0.337 e. The van der Waals surface area contributed by atoms with Crippen molar-refractivity contribution < 1.29 is 19.1 Å². The van der Waals surface area contributed by atoms with Crippen molar-refractivity contribution in [2.24, 2.45) is 0 Å². The number of rotatable bonds is 8. The van der Waals surface area contributed by atoms with E-state index < -0.39 is 0 Å². The molecule has 0 atom stereocenters. The highest BCUT2D eigenvalue weighted by molar-refractivity contribution is 7.99. The van der Waals surface area contributed by atoms with Gasteiger partial charge < -0.3 is 14.0 Å². The lowest BCUT2D eigenvalue weighted by Crippen LogP contribution is -2.06. The van der Waals surface area contributed by atoms with E-state index in [2.05, 4.69) is 0 Å². The molecule has 156 valence electrons. The fourth-order valence-corrected chi connectivity index (χ4v) is 4.24. The number of ketones is 1. The number of benzene rings is 2. The molecule has 3 aromatic rings. The molecule has 0 spiro atoms. The highest BCUT2D eigenvalue weighted by Gasteiger charge is 2.17. The summed E-state index contributed by atoms with van der Waals surface area (Å²) < 4.78 is 11.9. The summed E-state index contributed by atoms with van der Waals surface area (Å²) in [6.45, 7) is 3.92. The molecule has 6 heteroatoms. The number of hydrogen-bond donors (Lipinski definition) is 0. The maximum atomic E-state index is 12.8. The Labute approximate surface area is 181 Å². The van der Waals surface area contributed by atoms with Crippen LogP contribution >= 0.6 is 11.8 Å². The second-order valence-corrected chi connectivity index (χ2v) is 7.91. The molecule has 1 aromatic heterocycles. The van der Waals surface area contributed by atoms with Gasteiger partial charge in [-0.3, -0.25) is 4.79 Å². The Hall–Kier alpha value is -2.99. The van der Waals surface area contributed by atoms with E-state index in [4.69, 9.17) is 9.47 Å². The van der Waals surface area contributed by atoms with E-state index in [0.29, 0.717) is 11.3 Å². The van der Waals surface area contributed by atoms with Crippen LogP contribution in [0, 0.1) is 13.8 Å². The predicted octanol–water partition coefficient (Wildman–Crippen LogP) is 5.01. The summed E-state index contributed by atoms with van der Waals surface area (Å²) in [6, 6.07) is 17.0. The Morgan fingerprint density at radius 1 is 0.967 bits per heavy atom. The second-order valence-electron chi connectivity index (χ2n) is 6.92. The number of esters is 1. The van der Waals surface area contributed by atoms with Crippen LogP contribution in [-0.2, 0) is 10.5 Å². The number of methoxy groups -OCH3 is 2. The fourth-order valence-electron chi connectivity index (χ4n) is 3.37. The first-order valence-electron chi connectivity index (χ1n) is 9.56. The van der Waals surface area contributed by atoms with Crippen LogP contribution < -0.4 is 4.74 Å². The number of ether oxygens (including phenoxy) is 2. The topological polar surface area (TPSA) is 57.5 Å². The molecule has 0 saturated heterocycles. The van der Waals surface area contributed by atoms with E-state index in [0.717, 1.165) is 39.7 Å². The Morgan fingerprint density at radius 2 is 1.63 bits per heavy atom. The summed E-state index contributed by atoms with van der Waals surface area (Å²) in [6.07, 6.45) is 0. The highest BCUT2D eigenvalue weighted by Crippen LogP contribution is 2.24. The lowest BCUT2D eigenvalue weighted by atomic mass is 10.2. The summed E-state index contributed by atoms with van der Waals surface area (Å²) >= 11 is 1.60. The lowest BCUT2D eigenvalue weighted by molar-refractivity contribution is 0.0600. The van der Waals surface area contributed by atoms with E-state index in [1.807, 2.05) is 60.9 Å². The van der Waals surface area contributed by atoms with Crippen molar-refractivity contribution in [3.05, 3.63) is 82.7 Å². The van der Waals surface area contributed by atoms with Gasteiger partial charge >= 0.3 is 5.97 Å². The van der Waals surface area contributed by atoms with Crippen LogP contribution in [0.1, 0.15) is 37.7 Å². The third-order valence-corrected chi connectivity index (χ3v) is 5.94. The molecule has 0 aliphatic rings. The summed E-state index contributed by atoms with van der Waals surface area (Å²) in [7, 11) is 3.01. The van der Waals surface area contributed by atoms with Gasteiger partial charge in [0, 0.05) is 28.4 Å². The smallest absolute Gasteiger partial charge is 0.337 e. The van der Waals surface area contributed by atoms with E-state index >= 15 is 0 Å². The summed E-state index contributed by atoms with van der Waals surface area (Å²) in [5.74, 6) is 1.75. The zero-order valence-corrected chi connectivity index (χ0v) is 18.4. The third-order valence-electron chi connectivity index (χ3n) is 4.94. The second kappa shape index (κ2) is 9.67. The van der Waals surface area contributed by atoms with E-state index in [1.54, 1.807) is 31.0 Å². The third kappa shape index (κ3) is 4.76. The van der Waals surface area contributed by atoms with Gasteiger partial charge in [-0.25, -0.2) is 4.79 Å².